The summed E-state index contributed by atoms with van der Waals surface area (Å²) < 4.78 is 52.6. The zero-order valence-corrected chi connectivity index (χ0v) is 13.4. The first-order chi connectivity index (χ1) is 8.35. The van der Waals surface area contributed by atoms with E-state index in [1.54, 1.807) is 27.7 Å². The Morgan fingerprint density at radius 3 is 1.84 bits per heavy atom. The molecule has 3 atom stereocenters. The van der Waals surface area contributed by atoms with Gasteiger partial charge in [0.15, 0.2) is 0 Å². The summed E-state index contributed by atoms with van der Waals surface area (Å²) in [6.07, 6.45) is -3.18. The molecular weight excluding hydrogens is 275 g/mol. The van der Waals surface area contributed by atoms with Crippen LogP contribution < -0.4 is 4.72 Å². The number of hydrogen-bond donors (Lipinski definition) is 1. The molecule has 0 heterocycles. The Morgan fingerprint density at radius 1 is 1.05 bits per heavy atom. The van der Waals surface area contributed by atoms with E-state index in [0.29, 0.717) is 12.3 Å². The molecule has 0 unspecified atom stereocenters. The zero-order valence-electron chi connectivity index (χ0n) is 12.6. The minimum atomic E-state index is -4.38. The highest BCUT2D eigenvalue weighted by Gasteiger charge is 2.44. The van der Waals surface area contributed by atoms with Gasteiger partial charge >= 0.3 is 6.18 Å². The van der Waals surface area contributed by atoms with Crippen LogP contribution in [0.1, 0.15) is 54.4 Å². The molecule has 0 aliphatic rings. The van der Waals surface area contributed by atoms with E-state index >= 15 is 0 Å². The molecule has 0 amide bonds. The molecule has 0 aliphatic carbocycles. The van der Waals surface area contributed by atoms with Crippen LogP contribution in [0.15, 0.2) is 0 Å². The second-order valence-electron chi connectivity index (χ2n) is 6.47. The van der Waals surface area contributed by atoms with Crippen LogP contribution in [0.25, 0.3) is 0 Å². The molecule has 0 saturated carbocycles. The maximum absolute atomic E-state index is 13.0. The summed E-state index contributed by atoms with van der Waals surface area (Å²) in [5.74, 6) is -0.224. The van der Waals surface area contributed by atoms with E-state index in [4.69, 9.17) is 0 Å². The van der Waals surface area contributed by atoms with Gasteiger partial charge in [-0.25, -0.2) is 8.93 Å². The summed E-state index contributed by atoms with van der Waals surface area (Å²) in [6.45, 7) is 10.5. The predicted molar refractivity (Wildman–Crippen MR) is 74.1 cm³/mol. The Hall–Kier alpha value is -0.100. The molecule has 0 aliphatic heterocycles. The smallest absolute Gasteiger partial charge is 0.242 e. The van der Waals surface area contributed by atoms with Gasteiger partial charge in [0.2, 0.25) is 0 Å². The minimum Gasteiger partial charge on any atom is -0.242 e. The van der Waals surface area contributed by atoms with E-state index in [1.807, 2.05) is 13.8 Å². The van der Waals surface area contributed by atoms with Crippen molar-refractivity contribution in [3.8, 4) is 0 Å². The Balaban J connectivity index is 4.79. The molecule has 0 rings (SSSR count). The summed E-state index contributed by atoms with van der Waals surface area (Å²) in [6, 6.07) is -1.72. The van der Waals surface area contributed by atoms with Crippen molar-refractivity contribution < 1.29 is 17.4 Å². The largest absolute Gasteiger partial charge is 0.405 e. The maximum atomic E-state index is 13.0. The topological polar surface area (TPSA) is 29.1 Å². The molecule has 0 spiro atoms. The first kappa shape index (κ1) is 18.9. The van der Waals surface area contributed by atoms with E-state index in [1.165, 1.54) is 0 Å². The van der Waals surface area contributed by atoms with E-state index in [2.05, 4.69) is 4.72 Å². The fourth-order valence-corrected chi connectivity index (χ4v) is 2.51. The number of halogens is 3. The first-order valence-electron chi connectivity index (χ1n) is 6.60. The summed E-state index contributed by atoms with van der Waals surface area (Å²) in [5, 5.41) is 0. The third-order valence-electron chi connectivity index (χ3n) is 2.91. The van der Waals surface area contributed by atoms with Crippen molar-refractivity contribution in [2.45, 2.75) is 71.3 Å². The molecule has 2 nitrogen and oxygen atoms in total. The van der Waals surface area contributed by atoms with E-state index < -0.39 is 33.9 Å². The van der Waals surface area contributed by atoms with Gasteiger partial charge in [0.1, 0.15) is 6.04 Å². The highest BCUT2D eigenvalue weighted by Crippen LogP contribution is 2.30. The zero-order chi connectivity index (χ0) is 15.4. The molecule has 0 aromatic carbocycles. The first-order valence-corrected chi connectivity index (χ1v) is 7.75. The van der Waals surface area contributed by atoms with Gasteiger partial charge in [-0.3, -0.25) is 0 Å². The monoisotopic (exact) mass is 301 g/mol. The molecule has 19 heavy (non-hydrogen) atoms. The van der Waals surface area contributed by atoms with Gasteiger partial charge in [-0.2, -0.15) is 13.2 Å². The summed E-state index contributed by atoms with van der Waals surface area (Å²) in [4.78, 5) is 0. The van der Waals surface area contributed by atoms with Crippen molar-refractivity contribution >= 4 is 11.0 Å². The molecule has 0 aromatic rings. The molecule has 0 radical (unpaired) electrons. The van der Waals surface area contributed by atoms with Crippen LogP contribution in [0.4, 0.5) is 13.2 Å². The van der Waals surface area contributed by atoms with E-state index in [0.717, 1.165) is 6.42 Å². The Kier molecular flexibility index (Phi) is 7.03. The van der Waals surface area contributed by atoms with Gasteiger partial charge in [0.05, 0.1) is 15.7 Å². The molecule has 0 aromatic heterocycles. The third kappa shape index (κ3) is 7.30. The lowest BCUT2D eigenvalue weighted by Gasteiger charge is -2.30. The number of rotatable bonds is 6. The van der Waals surface area contributed by atoms with Crippen LogP contribution in [0.5, 0.6) is 0 Å². The van der Waals surface area contributed by atoms with Gasteiger partial charge in [0, 0.05) is 0 Å². The molecule has 1 N–H and O–H groups in total. The summed E-state index contributed by atoms with van der Waals surface area (Å²) >= 11 is 0. The highest BCUT2D eigenvalue weighted by molar-refractivity contribution is 7.84. The van der Waals surface area contributed by atoms with Crippen LogP contribution in [-0.4, -0.2) is 21.2 Å². The van der Waals surface area contributed by atoms with Gasteiger partial charge in [-0.05, 0) is 39.0 Å². The van der Waals surface area contributed by atoms with Crippen molar-refractivity contribution in [1.29, 1.82) is 0 Å². The predicted octanol–water partition coefficient (Wildman–Crippen LogP) is 4.04. The minimum absolute atomic E-state index is 0.365. The average Bonchev–Trinajstić information content (AvgIpc) is 2.18. The van der Waals surface area contributed by atoms with Gasteiger partial charge in [-0.1, -0.05) is 27.2 Å². The Labute approximate surface area is 117 Å². The lowest BCUT2D eigenvalue weighted by Crippen LogP contribution is -2.50. The van der Waals surface area contributed by atoms with Crippen LogP contribution in [-0.2, 0) is 11.0 Å². The molecule has 0 fully saturated rings. The van der Waals surface area contributed by atoms with Crippen molar-refractivity contribution in [3.05, 3.63) is 0 Å². The van der Waals surface area contributed by atoms with Gasteiger partial charge in [-0.15, -0.1) is 0 Å². The third-order valence-corrected chi connectivity index (χ3v) is 4.49. The van der Waals surface area contributed by atoms with Crippen LogP contribution in [0.3, 0.4) is 0 Å². The molecule has 0 bridgehead atoms. The lowest BCUT2D eigenvalue weighted by molar-refractivity contribution is -0.162. The standard InChI is InChI=1S/C13H26F3NOS/c1-9(2)7-8-10(3)11(13(14,15)16)17-19(18)12(4,5)6/h9-11,17H,7-8H2,1-6H3/t10-,11-,19-/m0/s1. The SMILES string of the molecule is CC(C)CC[C@H](C)[C@H](N[S@@](=O)C(C)(C)C)C(F)(F)F. The van der Waals surface area contributed by atoms with Crippen molar-refractivity contribution in [2.24, 2.45) is 11.8 Å². The second-order valence-corrected chi connectivity index (χ2v) is 8.46. The average molecular weight is 301 g/mol. The number of hydrogen-bond acceptors (Lipinski definition) is 1. The van der Waals surface area contributed by atoms with Crippen molar-refractivity contribution in [2.75, 3.05) is 0 Å². The Bertz CT molecular complexity index is 297. The lowest BCUT2D eigenvalue weighted by atomic mass is 9.93. The quantitative estimate of drug-likeness (QED) is 0.788. The van der Waals surface area contributed by atoms with Crippen molar-refractivity contribution in [3.63, 3.8) is 0 Å². The van der Waals surface area contributed by atoms with Crippen LogP contribution >= 0.6 is 0 Å². The normalized spacial score (nSPS) is 18.4. The van der Waals surface area contributed by atoms with Crippen LogP contribution in [0.2, 0.25) is 0 Å². The molecule has 6 heteroatoms. The summed E-state index contributed by atoms with van der Waals surface area (Å²) in [7, 11) is -1.72. The van der Waals surface area contributed by atoms with Gasteiger partial charge in [0.25, 0.3) is 0 Å². The maximum Gasteiger partial charge on any atom is 0.405 e. The Morgan fingerprint density at radius 2 is 1.53 bits per heavy atom. The number of nitrogens with one attached hydrogen (secondary N) is 1. The molecular formula is C13H26F3NOS. The molecule has 0 saturated heterocycles. The fraction of sp³-hybridized carbons (Fsp3) is 1.00. The van der Waals surface area contributed by atoms with E-state index in [9.17, 15) is 17.4 Å². The fourth-order valence-electron chi connectivity index (χ4n) is 1.56. The molecule has 116 valence electrons. The highest BCUT2D eigenvalue weighted by atomic mass is 32.2. The summed E-state index contributed by atoms with van der Waals surface area (Å²) in [5.41, 5.74) is 0. The van der Waals surface area contributed by atoms with Crippen LogP contribution in [0, 0.1) is 11.8 Å². The second kappa shape index (κ2) is 7.07. The van der Waals surface area contributed by atoms with E-state index in [-0.39, 0.29) is 0 Å². The number of alkyl halides is 3. The van der Waals surface area contributed by atoms with Gasteiger partial charge < -0.3 is 0 Å². The van der Waals surface area contributed by atoms with Crippen molar-refractivity contribution in [1.82, 2.24) is 4.72 Å².